The summed E-state index contributed by atoms with van der Waals surface area (Å²) >= 11 is 6.17. The van der Waals surface area contributed by atoms with Gasteiger partial charge in [-0.2, -0.15) is 0 Å². The highest BCUT2D eigenvalue weighted by Crippen LogP contribution is 2.33. The molecule has 7 nitrogen and oxygen atoms in total. The first-order valence-corrected chi connectivity index (χ1v) is 8.28. The summed E-state index contributed by atoms with van der Waals surface area (Å²) in [6.07, 6.45) is 0. The number of hydrogen-bond acceptors (Lipinski definition) is 7. The highest BCUT2D eigenvalue weighted by atomic mass is 79.9. The predicted molar refractivity (Wildman–Crippen MR) is 86.4 cm³/mol. The topological polar surface area (TPSA) is 98.3 Å². The van der Waals surface area contributed by atoms with Crippen LogP contribution in [0.4, 0.5) is 11.0 Å². The van der Waals surface area contributed by atoms with Crippen molar-refractivity contribution in [2.45, 2.75) is 0 Å². The monoisotopic (exact) mass is 399 g/mol. The number of carbonyl (C=O) groups is 1. The van der Waals surface area contributed by atoms with Crippen molar-refractivity contribution in [1.82, 2.24) is 4.98 Å². The van der Waals surface area contributed by atoms with Crippen LogP contribution in [0.2, 0.25) is 0 Å². The molecule has 0 bridgehead atoms. The van der Waals surface area contributed by atoms with Crippen LogP contribution in [-0.4, -0.2) is 15.8 Å². The van der Waals surface area contributed by atoms with E-state index in [0.29, 0.717) is 5.13 Å². The lowest BCUT2D eigenvalue weighted by molar-refractivity contribution is -0.402. The lowest BCUT2D eigenvalue weighted by Gasteiger charge is -1.96. The maximum Gasteiger partial charge on any atom is 0.433 e. The highest BCUT2D eigenvalue weighted by Gasteiger charge is 2.18. The number of thiazole rings is 1. The van der Waals surface area contributed by atoms with Crippen LogP contribution < -0.4 is 5.32 Å². The Kier molecular flexibility index (Phi) is 4.05. The quantitative estimate of drug-likeness (QED) is 0.518. The van der Waals surface area contributed by atoms with E-state index in [1.54, 1.807) is 0 Å². The number of aromatic nitrogens is 1. The maximum atomic E-state index is 11.9. The Hall–Kier alpha value is -2.04. The van der Waals surface area contributed by atoms with Gasteiger partial charge < -0.3 is 4.42 Å². The molecule has 0 atom stereocenters. The lowest BCUT2D eigenvalue weighted by Crippen LogP contribution is -2.10. The molecule has 0 aliphatic rings. The Bertz CT molecular complexity index is 854. The van der Waals surface area contributed by atoms with Crippen LogP contribution in [0.3, 0.4) is 0 Å². The number of nitrogens with one attached hydrogen (secondary N) is 1. The number of nitrogens with zero attached hydrogens (tertiary/aromatic N) is 2. The molecule has 10 heteroatoms. The maximum absolute atomic E-state index is 11.9. The van der Waals surface area contributed by atoms with E-state index >= 15 is 0 Å². The first-order chi connectivity index (χ1) is 10.5. The highest BCUT2D eigenvalue weighted by molar-refractivity contribution is 9.11. The molecule has 0 spiro atoms. The zero-order valence-corrected chi connectivity index (χ0v) is 13.8. The summed E-state index contributed by atoms with van der Waals surface area (Å²) in [5.41, 5.74) is 0.751. The van der Waals surface area contributed by atoms with E-state index < -0.39 is 16.7 Å². The van der Waals surface area contributed by atoms with Crippen LogP contribution >= 0.6 is 38.6 Å². The zero-order valence-electron chi connectivity index (χ0n) is 10.6. The van der Waals surface area contributed by atoms with E-state index in [1.807, 2.05) is 17.5 Å². The molecule has 0 radical (unpaired) electrons. The largest absolute Gasteiger partial charge is 0.433 e. The van der Waals surface area contributed by atoms with Crippen molar-refractivity contribution in [2.24, 2.45) is 0 Å². The molecule has 112 valence electrons. The summed E-state index contributed by atoms with van der Waals surface area (Å²) in [4.78, 5) is 27.0. The third-order valence-electron chi connectivity index (χ3n) is 2.55. The van der Waals surface area contributed by atoms with Crippen molar-refractivity contribution in [3.63, 3.8) is 0 Å². The molecule has 1 amide bonds. The molecule has 3 aromatic rings. The van der Waals surface area contributed by atoms with Gasteiger partial charge in [-0.1, -0.05) is 0 Å². The second-order valence-corrected chi connectivity index (χ2v) is 7.31. The zero-order chi connectivity index (χ0) is 15.7. The van der Waals surface area contributed by atoms with E-state index in [9.17, 15) is 14.9 Å². The van der Waals surface area contributed by atoms with Gasteiger partial charge in [-0.3, -0.25) is 20.2 Å². The van der Waals surface area contributed by atoms with Crippen LogP contribution in [0.5, 0.6) is 0 Å². The summed E-state index contributed by atoms with van der Waals surface area (Å²) in [5, 5.41) is 15.3. The standard InChI is InChI=1S/C12H6BrN3O4S2/c13-9-3-2-8(22-9)6-5-21-12(14-6)15-11(17)7-1-4-10(20-7)16(18)19/h1-5H,(H,14,15,17). The average molecular weight is 400 g/mol. The molecule has 0 unspecified atom stereocenters. The summed E-state index contributed by atoms with van der Waals surface area (Å²) in [5.74, 6) is -1.20. The number of nitro groups is 1. The molecule has 3 aromatic heterocycles. The summed E-state index contributed by atoms with van der Waals surface area (Å²) < 4.78 is 5.83. The van der Waals surface area contributed by atoms with Crippen LogP contribution in [0.1, 0.15) is 10.6 Å². The van der Waals surface area contributed by atoms with Gasteiger partial charge in [0, 0.05) is 5.38 Å². The SMILES string of the molecule is O=C(Nc1nc(-c2ccc(Br)s2)cs1)c1ccc([N+](=O)[O-])o1. The number of amides is 1. The Morgan fingerprint density at radius 1 is 1.36 bits per heavy atom. The van der Waals surface area contributed by atoms with Gasteiger partial charge in [-0.05, 0) is 34.1 Å². The van der Waals surface area contributed by atoms with E-state index in [4.69, 9.17) is 4.42 Å². The third kappa shape index (κ3) is 3.08. The fraction of sp³-hybridized carbons (Fsp3) is 0. The molecule has 22 heavy (non-hydrogen) atoms. The number of furan rings is 1. The van der Waals surface area contributed by atoms with Gasteiger partial charge in [-0.25, -0.2) is 4.98 Å². The minimum absolute atomic E-state index is 0.137. The summed E-state index contributed by atoms with van der Waals surface area (Å²) in [6, 6.07) is 6.22. The molecule has 0 fully saturated rings. The first kappa shape index (κ1) is 14.9. The number of rotatable bonds is 4. The summed E-state index contributed by atoms with van der Waals surface area (Å²) in [6.45, 7) is 0. The minimum atomic E-state index is -0.701. The van der Waals surface area contributed by atoms with E-state index in [2.05, 4.69) is 26.2 Å². The van der Waals surface area contributed by atoms with Crippen LogP contribution in [0.25, 0.3) is 10.6 Å². The Balaban J connectivity index is 1.74. The van der Waals surface area contributed by atoms with E-state index in [-0.39, 0.29) is 5.76 Å². The van der Waals surface area contributed by atoms with E-state index in [0.717, 1.165) is 20.4 Å². The normalized spacial score (nSPS) is 10.6. The Morgan fingerprint density at radius 2 is 2.18 bits per heavy atom. The minimum Gasteiger partial charge on any atom is -0.395 e. The molecule has 0 aromatic carbocycles. The van der Waals surface area contributed by atoms with Gasteiger partial charge in [0.25, 0.3) is 5.91 Å². The van der Waals surface area contributed by atoms with Crippen LogP contribution in [-0.2, 0) is 0 Å². The average Bonchev–Trinajstić information content (AvgIpc) is 3.17. The van der Waals surface area contributed by atoms with Crippen LogP contribution in [0, 0.1) is 10.1 Å². The van der Waals surface area contributed by atoms with Crippen molar-refractivity contribution in [2.75, 3.05) is 5.32 Å². The second kappa shape index (κ2) is 5.99. The number of anilines is 1. The van der Waals surface area contributed by atoms with Crippen molar-refractivity contribution >= 4 is 55.5 Å². The fourth-order valence-electron chi connectivity index (χ4n) is 1.60. The molecule has 3 rings (SSSR count). The number of carbonyl (C=O) groups excluding carboxylic acids is 1. The molecule has 0 aliphatic carbocycles. The van der Waals surface area contributed by atoms with Gasteiger partial charge in [0.15, 0.2) is 10.9 Å². The Labute approximate surface area is 139 Å². The summed E-state index contributed by atoms with van der Waals surface area (Å²) in [7, 11) is 0. The predicted octanol–water partition coefficient (Wildman–Crippen LogP) is 4.39. The molecule has 0 aliphatic heterocycles. The van der Waals surface area contributed by atoms with Crippen molar-refractivity contribution in [3.8, 4) is 10.6 Å². The van der Waals surface area contributed by atoms with Gasteiger partial charge in [-0.15, -0.1) is 22.7 Å². The van der Waals surface area contributed by atoms with Crippen molar-refractivity contribution in [1.29, 1.82) is 0 Å². The van der Waals surface area contributed by atoms with Crippen molar-refractivity contribution in [3.05, 3.63) is 49.3 Å². The molecular weight excluding hydrogens is 394 g/mol. The van der Waals surface area contributed by atoms with Crippen molar-refractivity contribution < 1.29 is 14.1 Å². The van der Waals surface area contributed by atoms with Gasteiger partial charge in [0.2, 0.25) is 0 Å². The smallest absolute Gasteiger partial charge is 0.395 e. The number of thiophene rings is 1. The third-order valence-corrected chi connectivity index (χ3v) is 4.95. The van der Waals surface area contributed by atoms with Gasteiger partial charge >= 0.3 is 5.88 Å². The van der Waals surface area contributed by atoms with E-state index in [1.165, 1.54) is 28.7 Å². The van der Waals surface area contributed by atoms with Gasteiger partial charge in [0.05, 0.1) is 20.4 Å². The second-order valence-electron chi connectivity index (χ2n) is 3.99. The molecular formula is C12H6BrN3O4S2. The Morgan fingerprint density at radius 3 is 2.82 bits per heavy atom. The number of halogens is 1. The van der Waals surface area contributed by atoms with Gasteiger partial charge in [0.1, 0.15) is 4.92 Å². The molecule has 0 saturated carbocycles. The fourth-order valence-corrected chi connectivity index (χ4v) is 3.73. The first-order valence-electron chi connectivity index (χ1n) is 5.80. The molecule has 1 N–H and O–H groups in total. The molecule has 3 heterocycles. The number of hydrogen-bond donors (Lipinski definition) is 1. The molecule has 0 saturated heterocycles. The van der Waals surface area contributed by atoms with Crippen LogP contribution in [0.15, 0.2) is 37.8 Å². The lowest BCUT2D eigenvalue weighted by atomic mass is 10.4.